The smallest absolute Gasteiger partial charge is 0.160 e. The molecule has 0 saturated heterocycles. The van der Waals surface area contributed by atoms with Crippen molar-refractivity contribution in [2.45, 2.75) is 33.4 Å². The lowest BCUT2D eigenvalue weighted by atomic mass is 10.2. The highest BCUT2D eigenvalue weighted by Gasteiger charge is 2.07. The number of likely N-dealkylation sites (N-methyl/N-ethyl adjacent to an activating group) is 1. The molecule has 0 bridgehead atoms. The number of hydrogen-bond donors (Lipinski definition) is 2. The Kier molecular flexibility index (Phi) is 6.67. The van der Waals surface area contributed by atoms with E-state index in [0.717, 1.165) is 31.7 Å². The Labute approximate surface area is 116 Å². The number of aromatic hydroxyl groups is 1. The molecule has 1 aromatic rings. The van der Waals surface area contributed by atoms with E-state index in [1.807, 2.05) is 12.1 Å². The number of rotatable bonds is 8. The second-order valence-electron chi connectivity index (χ2n) is 4.77. The maximum Gasteiger partial charge on any atom is 0.160 e. The average molecular weight is 266 g/mol. The number of phenolic OH excluding ortho intramolecular Hbond substituents is 1. The molecule has 108 valence electrons. The Balaban J connectivity index is 2.47. The van der Waals surface area contributed by atoms with Gasteiger partial charge in [-0.25, -0.2) is 0 Å². The van der Waals surface area contributed by atoms with Crippen molar-refractivity contribution in [1.29, 1.82) is 0 Å². The Morgan fingerprint density at radius 1 is 1.32 bits per heavy atom. The molecule has 0 aliphatic rings. The first kappa shape index (κ1) is 15.8. The third-order valence-corrected chi connectivity index (χ3v) is 3.33. The zero-order valence-electron chi connectivity index (χ0n) is 12.4. The topological polar surface area (TPSA) is 44.7 Å². The molecular formula is C15H26N2O2. The molecule has 0 heterocycles. The lowest BCUT2D eigenvalue weighted by molar-refractivity contribution is 0.270. The second kappa shape index (κ2) is 8.02. The minimum atomic E-state index is 0.183. The first-order valence-corrected chi connectivity index (χ1v) is 6.92. The molecule has 1 rings (SSSR count). The predicted octanol–water partition coefficient (Wildman–Crippen LogP) is 2.22. The zero-order chi connectivity index (χ0) is 14.3. The summed E-state index contributed by atoms with van der Waals surface area (Å²) in [6.07, 6.45) is 0. The van der Waals surface area contributed by atoms with Gasteiger partial charge in [0.15, 0.2) is 11.5 Å². The second-order valence-corrected chi connectivity index (χ2v) is 4.77. The third kappa shape index (κ3) is 5.09. The Morgan fingerprint density at radius 3 is 2.58 bits per heavy atom. The van der Waals surface area contributed by atoms with Crippen LogP contribution in [0.15, 0.2) is 18.2 Å². The summed E-state index contributed by atoms with van der Waals surface area (Å²) in [6, 6.07) is 5.88. The van der Waals surface area contributed by atoms with E-state index in [2.05, 4.69) is 31.0 Å². The minimum absolute atomic E-state index is 0.183. The lowest BCUT2D eigenvalue weighted by Gasteiger charge is -2.23. The van der Waals surface area contributed by atoms with Gasteiger partial charge in [-0.3, -0.25) is 0 Å². The van der Waals surface area contributed by atoms with Crippen LogP contribution >= 0.6 is 0 Å². The summed E-state index contributed by atoms with van der Waals surface area (Å²) >= 11 is 0. The zero-order valence-corrected chi connectivity index (χ0v) is 12.4. The number of methoxy groups -OCH3 is 1. The fourth-order valence-corrected chi connectivity index (χ4v) is 2.06. The summed E-state index contributed by atoms with van der Waals surface area (Å²) in [5.74, 6) is 0.707. The molecule has 4 heteroatoms. The molecule has 1 aromatic carbocycles. The fourth-order valence-electron chi connectivity index (χ4n) is 2.06. The maximum atomic E-state index is 9.54. The number of phenols is 1. The molecule has 0 amide bonds. The molecule has 2 N–H and O–H groups in total. The van der Waals surface area contributed by atoms with Crippen molar-refractivity contribution in [3.05, 3.63) is 23.8 Å². The van der Waals surface area contributed by atoms with Crippen molar-refractivity contribution in [3.8, 4) is 11.5 Å². The summed E-state index contributed by atoms with van der Waals surface area (Å²) in [6.45, 7) is 10.5. The minimum Gasteiger partial charge on any atom is -0.504 e. The van der Waals surface area contributed by atoms with E-state index in [9.17, 15) is 5.11 Å². The quantitative estimate of drug-likeness (QED) is 0.757. The maximum absolute atomic E-state index is 9.54. The van der Waals surface area contributed by atoms with Gasteiger partial charge in [0.25, 0.3) is 0 Å². The van der Waals surface area contributed by atoms with E-state index in [1.165, 1.54) is 0 Å². The van der Waals surface area contributed by atoms with E-state index in [-0.39, 0.29) is 5.75 Å². The number of nitrogens with one attached hydrogen (secondary N) is 1. The van der Waals surface area contributed by atoms with Gasteiger partial charge in [0.1, 0.15) is 0 Å². The molecule has 1 atom stereocenters. The standard InChI is InChI=1S/C15H26N2O2/c1-5-17(6-2)11-12(3)16-10-13-7-8-14(18)15(9-13)19-4/h7-9,12,16,18H,5-6,10-11H2,1-4H3. The van der Waals surface area contributed by atoms with Crippen molar-refractivity contribution in [2.75, 3.05) is 26.7 Å². The predicted molar refractivity (Wildman–Crippen MR) is 78.7 cm³/mol. The van der Waals surface area contributed by atoms with Crippen molar-refractivity contribution in [2.24, 2.45) is 0 Å². The third-order valence-electron chi connectivity index (χ3n) is 3.33. The molecule has 0 fully saturated rings. The van der Waals surface area contributed by atoms with Gasteiger partial charge >= 0.3 is 0 Å². The van der Waals surface area contributed by atoms with Crippen LogP contribution in [0, 0.1) is 0 Å². The van der Waals surface area contributed by atoms with Gasteiger partial charge in [-0.15, -0.1) is 0 Å². The molecule has 0 saturated carbocycles. The van der Waals surface area contributed by atoms with Crippen molar-refractivity contribution in [3.63, 3.8) is 0 Å². The molecular weight excluding hydrogens is 240 g/mol. The molecule has 0 aliphatic carbocycles. The van der Waals surface area contributed by atoms with Gasteiger partial charge in [-0.05, 0) is 37.7 Å². The monoisotopic (exact) mass is 266 g/mol. The van der Waals surface area contributed by atoms with E-state index in [1.54, 1.807) is 13.2 Å². The van der Waals surface area contributed by atoms with Crippen LogP contribution in [0.25, 0.3) is 0 Å². The van der Waals surface area contributed by atoms with Gasteiger partial charge in [0.2, 0.25) is 0 Å². The van der Waals surface area contributed by atoms with Crippen LogP contribution in [0.4, 0.5) is 0 Å². The van der Waals surface area contributed by atoms with E-state index >= 15 is 0 Å². The summed E-state index contributed by atoms with van der Waals surface area (Å²) < 4.78 is 5.11. The highest BCUT2D eigenvalue weighted by atomic mass is 16.5. The summed E-state index contributed by atoms with van der Waals surface area (Å²) in [5.41, 5.74) is 1.11. The van der Waals surface area contributed by atoms with Crippen LogP contribution in [0.1, 0.15) is 26.3 Å². The average Bonchev–Trinajstić information content (AvgIpc) is 2.43. The first-order chi connectivity index (χ1) is 9.10. The molecule has 4 nitrogen and oxygen atoms in total. The Bertz CT molecular complexity index is 378. The van der Waals surface area contributed by atoms with Crippen LogP contribution < -0.4 is 10.1 Å². The SMILES string of the molecule is CCN(CC)CC(C)NCc1ccc(O)c(OC)c1. The first-order valence-electron chi connectivity index (χ1n) is 6.92. The lowest BCUT2D eigenvalue weighted by Crippen LogP contribution is -2.38. The van der Waals surface area contributed by atoms with Crippen LogP contribution in [-0.2, 0) is 6.54 Å². The van der Waals surface area contributed by atoms with E-state index in [0.29, 0.717) is 11.8 Å². The Morgan fingerprint density at radius 2 is 2.00 bits per heavy atom. The van der Waals surface area contributed by atoms with E-state index in [4.69, 9.17) is 4.74 Å². The summed E-state index contributed by atoms with van der Waals surface area (Å²) in [4.78, 5) is 2.40. The molecule has 0 aromatic heterocycles. The molecule has 1 unspecified atom stereocenters. The highest BCUT2D eigenvalue weighted by Crippen LogP contribution is 2.26. The molecule has 0 spiro atoms. The molecule has 19 heavy (non-hydrogen) atoms. The van der Waals surface area contributed by atoms with Crippen molar-refractivity contribution in [1.82, 2.24) is 10.2 Å². The van der Waals surface area contributed by atoms with Crippen LogP contribution in [0.5, 0.6) is 11.5 Å². The molecule has 0 radical (unpaired) electrons. The normalized spacial score (nSPS) is 12.7. The van der Waals surface area contributed by atoms with E-state index < -0.39 is 0 Å². The highest BCUT2D eigenvalue weighted by molar-refractivity contribution is 5.41. The van der Waals surface area contributed by atoms with Crippen molar-refractivity contribution < 1.29 is 9.84 Å². The van der Waals surface area contributed by atoms with Crippen LogP contribution in [0.2, 0.25) is 0 Å². The Hall–Kier alpha value is -1.26. The number of hydrogen-bond acceptors (Lipinski definition) is 4. The largest absolute Gasteiger partial charge is 0.504 e. The number of ether oxygens (including phenoxy) is 1. The fraction of sp³-hybridized carbons (Fsp3) is 0.600. The summed E-state index contributed by atoms with van der Waals surface area (Å²) in [5, 5.41) is 13.0. The van der Waals surface area contributed by atoms with Gasteiger partial charge in [-0.2, -0.15) is 0 Å². The number of nitrogens with zero attached hydrogens (tertiary/aromatic N) is 1. The van der Waals surface area contributed by atoms with Gasteiger partial charge < -0.3 is 20.1 Å². The van der Waals surface area contributed by atoms with Gasteiger partial charge in [0, 0.05) is 19.1 Å². The van der Waals surface area contributed by atoms with Gasteiger partial charge in [-0.1, -0.05) is 19.9 Å². The number of benzene rings is 1. The van der Waals surface area contributed by atoms with Crippen molar-refractivity contribution >= 4 is 0 Å². The molecule has 0 aliphatic heterocycles. The van der Waals surface area contributed by atoms with Crippen LogP contribution in [0.3, 0.4) is 0 Å². The van der Waals surface area contributed by atoms with Crippen LogP contribution in [-0.4, -0.2) is 42.8 Å². The summed E-state index contributed by atoms with van der Waals surface area (Å²) in [7, 11) is 1.56. The van der Waals surface area contributed by atoms with Gasteiger partial charge in [0.05, 0.1) is 7.11 Å².